The van der Waals surface area contributed by atoms with Crippen LogP contribution in [0.2, 0.25) is 0 Å². The van der Waals surface area contributed by atoms with E-state index in [1.54, 1.807) is 25.4 Å². The summed E-state index contributed by atoms with van der Waals surface area (Å²) in [5, 5.41) is 4.52. The van der Waals surface area contributed by atoms with Crippen LogP contribution in [0.3, 0.4) is 0 Å². The number of rotatable bonds is 0. The molecule has 0 bridgehead atoms. The summed E-state index contributed by atoms with van der Waals surface area (Å²) >= 11 is 0. The Bertz CT molecular complexity index is 754. The van der Waals surface area contributed by atoms with Crippen molar-refractivity contribution in [3.8, 4) is 0 Å². The third-order valence-corrected chi connectivity index (χ3v) is 2.71. The van der Waals surface area contributed by atoms with Crippen molar-refractivity contribution in [2.45, 2.75) is 0 Å². The van der Waals surface area contributed by atoms with Gasteiger partial charge in [0.25, 0.3) is 5.56 Å². The molecule has 0 saturated heterocycles. The first-order chi connectivity index (χ1) is 7.66. The molecule has 5 heteroatoms. The van der Waals surface area contributed by atoms with Gasteiger partial charge in [0.15, 0.2) is 0 Å². The number of aromatic amines is 1. The molecular formula is C11H10N4O. The van der Waals surface area contributed by atoms with E-state index in [-0.39, 0.29) is 5.56 Å². The number of H-pyrrole nitrogens is 1. The molecule has 0 aliphatic heterocycles. The molecule has 0 spiro atoms. The topological polar surface area (TPSA) is 76.7 Å². The summed E-state index contributed by atoms with van der Waals surface area (Å²) in [6.07, 6.45) is 1.58. The first-order valence-electron chi connectivity index (χ1n) is 4.90. The van der Waals surface area contributed by atoms with Gasteiger partial charge in [0.1, 0.15) is 0 Å². The maximum Gasteiger partial charge on any atom is 0.275 e. The lowest BCUT2D eigenvalue weighted by molar-refractivity contribution is 0.751. The summed E-state index contributed by atoms with van der Waals surface area (Å²) in [5.41, 5.74) is 7.87. The van der Waals surface area contributed by atoms with Crippen molar-refractivity contribution < 1.29 is 0 Å². The van der Waals surface area contributed by atoms with E-state index in [1.807, 2.05) is 6.07 Å². The number of pyridine rings is 1. The van der Waals surface area contributed by atoms with Gasteiger partial charge < -0.3 is 5.73 Å². The number of aromatic nitrogens is 3. The third-order valence-electron chi connectivity index (χ3n) is 2.71. The van der Waals surface area contributed by atoms with E-state index in [0.29, 0.717) is 11.1 Å². The molecule has 0 saturated carbocycles. The van der Waals surface area contributed by atoms with Crippen LogP contribution in [0, 0.1) is 0 Å². The maximum absolute atomic E-state index is 11.7. The fourth-order valence-electron chi connectivity index (χ4n) is 1.89. The number of nitrogens with one attached hydrogen (secondary N) is 1. The van der Waals surface area contributed by atoms with Gasteiger partial charge in [0.05, 0.1) is 16.4 Å². The fourth-order valence-corrected chi connectivity index (χ4v) is 1.89. The minimum atomic E-state index is -0.0683. The van der Waals surface area contributed by atoms with E-state index in [2.05, 4.69) is 10.1 Å². The molecule has 2 heterocycles. The normalized spacial score (nSPS) is 11.3. The molecular weight excluding hydrogens is 204 g/mol. The first-order valence-corrected chi connectivity index (χ1v) is 4.90. The summed E-state index contributed by atoms with van der Waals surface area (Å²) in [4.78, 5) is 15.9. The number of hydrogen-bond acceptors (Lipinski definition) is 3. The molecule has 0 atom stereocenters. The van der Waals surface area contributed by atoms with Crippen LogP contribution in [0.1, 0.15) is 0 Å². The Balaban J connectivity index is 2.59. The van der Waals surface area contributed by atoms with Crippen LogP contribution in [-0.4, -0.2) is 14.8 Å². The van der Waals surface area contributed by atoms with Gasteiger partial charge in [-0.25, -0.2) is 0 Å². The number of fused-ring (bicyclic) bond motifs is 3. The average Bonchev–Trinajstić information content (AvgIpc) is 2.55. The molecule has 1 aromatic carbocycles. The number of nitrogens with zero attached hydrogens (tertiary/aromatic N) is 2. The van der Waals surface area contributed by atoms with Gasteiger partial charge in [-0.2, -0.15) is 0 Å². The fraction of sp³-hybridized carbons (Fsp3) is 0.0909. The van der Waals surface area contributed by atoms with Crippen molar-refractivity contribution in [1.82, 2.24) is 14.8 Å². The van der Waals surface area contributed by atoms with Crippen LogP contribution in [0.25, 0.3) is 21.8 Å². The van der Waals surface area contributed by atoms with E-state index < -0.39 is 0 Å². The molecule has 80 valence electrons. The molecule has 0 radical (unpaired) electrons. The Morgan fingerprint density at radius 3 is 3.00 bits per heavy atom. The van der Waals surface area contributed by atoms with Crippen molar-refractivity contribution in [3.05, 3.63) is 34.7 Å². The van der Waals surface area contributed by atoms with Gasteiger partial charge in [0, 0.05) is 24.3 Å². The van der Waals surface area contributed by atoms with Crippen LogP contribution in [-0.2, 0) is 7.05 Å². The number of anilines is 1. The van der Waals surface area contributed by atoms with E-state index >= 15 is 0 Å². The lowest BCUT2D eigenvalue weighted by Crippen LogP contribution is -2.11. The van der Waals surface area contributed by atoms with Crippen molar-refractivity contribution in [1.29, 1.82) is 0 Å². The molecule has 0 aliphatic rings. The lowest BCUT2D eigenvalue weighted by Gasteiger charge is -1.99. The first kappa shape index (κ1) is 8.96. The smallest absolute Gasteiger partial charge is 0.275 e. The molecule has 3 aromatic rings. The molecule has 0 amide bonds. The highest BCUT2D eigenvalue weighted by Gasteiger charge is 2.08. The second-order valence-electron chi connectivity index (χ2n) is 3.80. The van der Waals surface area contributed by atoms with Gasteiger partial charge in [-0.3, -0.25) is 19.6 Å². The van der Waals surface area contributed by atoms with Gasteiger partial charge in [-0.1, -0.05) is 0 Å². The van der Waals surface area contributed by atoms with Crippen molar-refractivity contribution in [3.63, 3.8) is 0 Å². The lowest BCUT2D eigenvalue weighted by atomic mass is 10.1. The summed E-state index contributed by atoms with van der Waals surface area (Å²) in [7, 11) is 1.69. The van der Waals surface area contributed by atoms with Gasteiger partial charge in [-0.15, -0.1) is 0 Å². The number of nitrogens with two attached hydrogens (primary N) is 1. The van der Waals surface area contributed by atoms with E-state index in [9.17, 15) is 4.79 Å². The molecule has 16 heavy (non-hydrogen) atoms. The minimum absolute atomic E-state index is 0.0683. The maximum atomic E-state index is 11.7. The molecule has 0 aliphatic carbocycles. The Kier molecular flexibility index (Phi) is 1.60. The quantitative estimate of drug-likeness (QED) is 0.548. The predicted molar refractivity (Wildman–Crippen MR) is 63.3 cm³/mol. The highest BCUT2D eigenvalue weighted by Crippen LogP contribution is 2.21. The number of hydrogen-bond donors (Lipinski definition) is 2. The summed E-state index contributed by atoms with van der Waals surface area (Å²) in [6, 6.07) is 5.46. The monoisotopic (exact) mass is 214 g/mol. The van der Waals surface area contributed by atoms with Crippen LogP contribution in [0.15, 0.2) is 29.2 Å². The van der Waals surface area contributed by atoms with Crippen LogP contribution in [0.4, 0.5) is 5.69 Å². The molecule has 0 fully saturated rings. The minimum Gasteiger partial charge on any atom is -0.399 e. The Morgan fingerprint density at radius 2 is 2.19 bits per heavy atom. The highest BCUT2D eigenvalue weighted by molar-refractivity contribution is 6.03. The van der Waals surface area contributed by atoms with Gasteiger partial charge in [-0.05, 0) is 18.2 Å². The average molecular weight is 214 g/mol. The molecule has 5 nitrogen and oxygen atoms in total. The van der Waals surface area contributed by atoms with E-state index in [1.165, 1.54) is 4.68 Å². The second-order valence-corrected chi connectivity index (χ2v) is 3.80. The van der Waals surface area contributed by atoms with E-state index in [0.717, 1.165) is 16.4 Å². The summed E-state index contributed by atoms with van der Waals surface area (Å²) in [6.45, 7) is 0. The van der Waals surface area contributed by atoms with Gasteiger partial charge >= 0.3 is 0 Å². The standard InChI is InChI=1S/C11H10N4O/c1-15-11(16)8-5-13-9-4-6(12)2-3-7(9)10(8)14-15/h2-5,14H,12H2,1H3. The summed E-state index contributed by atoms with van der Waals surface area (Å²) < 4.78 is 1.45. The van der Waals surface area contributed by atoms with Crippen LogP contribution in [0.5, 0.6) is 0 Å². The van der Waals surface area contributed by atoms with Gasteiger partial charge in [0.2, 0.25) is 0 Å². The molecule has 3 N–H and O–H groups in total. The molecule has 0 unspecified atom stereocenters. The predicted octanol–water partition coefficient (Wildman–Crippen LogP) is 0.997. The highest BCUT2D eigenvalue weighted by atomic mass is 16.1. The Hall–Kier alpha value is -2.30. The van der Waals surface area contributed by atoms with Crippen LogP contribution < -0.4 is 11.3 Å². The largest absolute Gasteiger partial charge is 0.399 e. The molecule has 2 aromatic heterocycles. The van der Waals surface area contributed by atoms with Crippen molar-refractivity contribution >= 4 is 27.5 Å². The zero-order valence-electron chi connectivity index (χ0n) is 8.69. The number of benzene rings is 1. The second kappa shape index (κ2) is 2.85. The SMILES string of the molecule is Cn1[nH]c2c(cnc3cc(N)ccc32)c1=O. The van der Waals surface area contributed by atoms with Crippen molar-refractivity contribution in [2.75, 3.05) is 5.73 Å². The zero-order chi connectivity index (χ0) is 11.3. The Morgan fingerprint density at radius 1 is 1.38 bits per heavy atom. The Labute approximate surface area is 90.5 Å². The summed E-state index contributed by atoms with van der Waals surface area (Å²) in [5.74, 6) is 0. The van der Waals surface area contributed by atoms with Crippen molar-refractivity contribution in [2.24, 2.45) is 7.05 Å². The third kappa shape index (κ3) is 1.05. The molecule has 3 rings (SSSR count). The number of aryl methyl sites for hydroxylation is 1. The van der Waals surface area contributed by atoms with E-state index in [4.69, 9.17) is 5.73 Å². The zero-order valence-corrected chi connectivity index (χ0v) is 8.69. The number of nitrogen functional groups attached to an aromatic ring is 1. The van der Waals surface area contributed by atoms with Crippen LogP contribution >= 0.6 is 0 Å².